The molecule has 0 bridgehead atoms. The summed E-state index contributed by atoms with van der Waals surface area (Å²) in [6, 6.07) is 0.167. The predicted molar refractivity (Wildman–Crippen MR) is 251 cm³/mol. The summed E-state index contributed by atoms with van der Waals surface area (Å²) in [7, 11) is 0. The Kier molecular flexibility index (Phi) is 21.4. The third-order valence-corrected chi connectivity index (χ3v) is 16.4. The van der Waals surface area contributed by atoms with Crippen LogP contribution in [0, 0.1) is 46.3 Å². The summed E-state index contributed by atoms with van der Waals surface area (Å²) in [6.45, 7) is 11.7. The van der Waals surface area contributed by atoms with E-state index in [1.807, 2.05) is 6.92 Å². The molecule has 5 rings (SSSR count). The van der Waals surface area contributed by atoms with Crippen molar-refractivity contribution in [3.8, 4) is 0 Å². The normalized spacial score (nSPS) is 32.4. The fourth-order valence-electron chi connectivity index (χ4n) is 12.9. The summed E-state index contributed by atoms with van der Waals surface area (Å²) < 4.78 is 30.0. The number of ether oxygens (including phenoxy) is 5. The Morgan fingerprint density at radius 1 is 0.716 bits per heavy atom. The maximum absolute atomic E-state index is 13.3. The minimum absolute atomic E-state index is 0.000414. The van der Waals surface area contributed by atoms with Crippen LogP contribution < -0.4 is 38.5 Å². The number of rotatable bonds is 28. The number of nitrogens with one attached hydrogen (secondary N) is 4. The van der Waals surface area contributed by atoms with Crippen molar-refractivity contribution < 1.29 is 52.5 Å². The summed E-state index contributed by atoms with van der Waals surface area (Å²) in [5.74, 6) is -0.241. The van der Waals surface area contributed by atoms with E-state index in [2.05, 4.69) is 42.0 Å². The van der Waals surface area contributed by atoms with Crippen LogP contribution in [-0.4, -0.2) is 125 Å². The second kappa shape index (κ2) is 26.4. The molecule has 1 heterocycles. The average Bonchev–Trinajstić information content (AvgIpc) is 3.81. The molecule has 4 aliphatic carbocycles. The molecule has 4 amide bonds. The van der Waals surface area contributed by atoms with Crippen LogP contribution >= 0.6 is 0 Å². The number of esters is 3. The first-order chi connectivity index (χ1) is 32.1. The van der Waals surface area contributed by atoms with Gasteiger partial charge >= 0.3 is 23.9 Å². The van der Waals surface area contributed by atoms with Crippen LogP contribution in [0.5, 0.6) is 0 Å². The van der Waals surface area contributed by atoms with Crippen LogP contribution in [0.25, 0.3) is 0 Å². The highest BCUT2D eigenvalue weighted by Gasteiger charge is 2.67. The van der Waals surface area contributed by atoms with Gasteiger partial charge in [-0.05, 0) is 106 Å². The second-order valence-corrected chi connectivity index (χ2v) is 20.6. The molecule has 382 valence electrons. The number of carbonyl (C=O) groups is 6. The standard InChI is InChI=1S/C49H85N7O11/c1-31(10-13-42(58)54-23-25-64-27-26-63-24-22-53-41(57)9-7-5-6-8-38-32(2)55-47(62)56-38)35-11-12-36-46-37(30-40(49(35,36)4)67-45(61)17-21-52)48(3)18-14-34(65-43(59)15-19-50)28-33(48)29-39(46)66-44(60)16-20-51/h31-40,46H,5-30,50-52H2,1-4H3,(H,53,57)(H,54,58)(H2,55,56,62)/t31-,32?,33+,34-,35-,36+,37+,38-,39-,40+,46+,48+,49-/m1/s1. The third kappa shape index (κ3) is 14.7. The summed E-state index contributed by atoms with van der Waals surface area (Å²) >= 11 is 0. The molecule has 0 aromatic heterocycles. The number of amides is 4. The summed E-state index contributed by atoms with van der Waals surface area (Å²) in [5.41, 5.74) is 16.7. The van der Waals surface area contributed by atoms with Crippen LogP contribution in [0.4, 0.5) is 4.79 Å². The van der Waals surface area contributed by atoms with Crippen molar-refractivity contribution in [2.24, 2.45) is 63.5 Å². The zero-order valence-electron chi connectivity index (χ0n) is 41.0. The van der Waals surface area contributed by atoms with Gasteiger partial charge in [-0.3, -0.25) is 24.0 Å². The molecule has 4 saturated carbocycles. The van der Waals surface area contributed by atoms with Crippen molar-refractivity contribution in [1.29, 1.82) is 0 Å². The van der Waals surface area contributed by atoms with Crippen LogP contribution in [-0.2, 0) is 47.7 Å². The summed E-state index contributed by atoms with van der Waals surface area (Å²) in [5, 5.41) is 11.6. The molecule has 18 nitrogen and oxygen atoms in total. The Labute approximate surface area is 398 Å². The first-order valence-corrected chi connectivity index (χ1v) is 25.6. The maximum atomic E-state index is 13.3. The molecule has 0 radical (unpaired) electrons. The van der Waals surface area contributed by atoms with Crippen molar-refractivity contribution in [1.82, 2.24) is 21.3 Å². The average molecular weight is 948 g/mol. The van der Waals surface area contributed by atoms with E-state index < -0.39 is 5.41 Å². The van der Waals surface area contributed by atoms with E-state index in [1.54, 1.807) is 0 Å². The van der Waals surface area contributed by atoms with E-state index in [4.69, 9.17) is 40.9 Å². The molecular formula is C49H85N7O11. The molecular weight excluding hydrogens is 863 g/mol. The fraction of sp³-hybridized carbons (Fsp3) is 0.878. The van der Waals surface area contributed by atoms with Crippen molar-refractivity contribution in [2.45, 2.75) is 167 Å². The first-order valence-electron chi connectivity index (χ1n) is 25.6. The van der Waals surface area contributed by atoms with Crippen molar-refractivity contribution in [2.75, 3.05) is 59.2 Å². The number of urea groups is 1. The fourth-order valence-corrected chi connectivity index (χ4v) is 12.9. The number of nitrogens with two attached hydrogens (primary N) is 3. The van der Waals surface area contributed by atoms with Gasteiger partial charge in [0.15, 0.2) is 0 Å². The largest absolute Gasteiger partial charge is 0.462 e. The van der Waals surface area contributed by atoms with Gasteiger partial charge in [0, 0.05) is 62.9 Å². The van der Waals surface area contributed by atoms with Gasteiger partial charge in [-0.2, -0.15) is 0 Å². The molecule has 67 heavy (non-hydrogen) atoms. The molecule has 5 aliphatic rings. The summed E-state index contributed by atoms with van der Waals surface area (Å²) in [4.78, 5) is 75.7. The maximum Gasteiger partial charge on any atom is 0.315 e. The van der Waals surface area contributed by atoms with Gasteiger partial charge in [-0.1, -0.05) is 33.6 Å². The SMILES string of the molecule is CC1NC(=O)N[C@@H]1CCCCCC(=O)NCCOCCOCCNC(=O)CC[C@@H](C)[C@H]1CC[C@H]2[C@@H]3[C@H](OC(=O)CCN)C[C@@H]4C[C@H](OC(=O)CCN)CC[C@]4(C)[C@H]3C[C@H](OC(=O)CCN)[C@]12C. The van der Waals surface area contributed by atoms with Crippen LogP contribution in [0.3, 0.4) is 0 Å². The van der Waals surface area contributed by atoms with E-state index in [9.17, 15) is 28.8 Å². The Bertz CT molecular complexity index is 1640. The molecule has 1 unspecified atom stereocenters. The number of unbranched alkanes of at least 4 members (excludes halogenated alkanes) is 2. The summed E-state index contributed by atoms with van der Waals surface area (Å²) in [6.07, 6.45) is 9.92. The van der Waals surface area contributed by atoms with Crippen LogP contribution in [0.15, 0.2) is 0 Å². The zero-order chi connectivity index (χ0) is 48.6. The molecule has 18 heteroatoms. The second-order valence-electron chi connectivity index (χ2n) is 20.6. The van der Waals surface area contributed by atoms with Gasteiger partial charge in [-0.15, -0.1) is 0 Å². The Balaban J connectivity index is 1.06. The molecule has 1 aliphatic heterocycles. The highest BCUT2D eigenvalue weighted by Crippen LogP contribution is 2.69. The van der Waals surface area contributed by atoms with Crippen LogP contribution in [0.2, 0.25) is 0 Å². The number of hydrogen-bond acceptors (Lipinski definition) is 14. The predicted octanol–water partition coefficient (Wildman–Crippen LogP) is 3.35. The van der Waals surface area contributed by atoms with Gasteiger partial charge in [0.25, 0.3) is 0 Å². The van der Waals surface area contributed by atoms with E-state index >= 15 is 0 Å². The minimum atomic E-state index is -0.422. The van der Waals surface area contributed by atoms with Crippen LogP contribution in [0.1, 0.15) is 137 Å². The van der Waals surface area contributed by atoms with E-state index in [-0.39, 0.29) is 146 Å². The Morgan fingerprint density at radius 3 is 1.97 bits per heavy atom. The lowest BCUT2D eigenvalue weighted by molar-refractivity contribution is -0.225. The smallest absolute Gasteiger partial charge is 0.315 e. The van der Waals surface area contributed by atoms with Crippen molar-refractivity contribution in [3.63, 3.8) is 0 Å². The molecule has 5 fully saturated rings. The molecule has 10 N–H and O–H groups in total. The van der Waals surface area contributed by atoms with Gasteiger partial charge in [0.1, 0.15) is 18.3 Å². The van der Waals surface area contributed by atoms with Gasteiger partial charge in [0.2, 0.25) is 11.8 Å². The highest BCUT2D eigenvalue weighted by molar-refractivity contribution is 5.77. The monoisotopic (exact) mass is 948 g/mol. The zero-order valence-corrected chi connectivity index (χ0v) is 41.0. The van der Waals surface area contributed by atoms with Gasteiger partial charge in [0.05, 0.1) is 51.7 Å². The van der Waals surface area contributed by atoms with Gasteiger partial charge in [-0.25, -0.2) is 4.79 Å². The van der Waals surface area contributed by atoms with Gasteiger partial charge < -0.3 is 62.2 Å². The quantitative estimate of drug-likeness (QED) is 0.0337. The third-order valence-electron chi connectivity index (χ3n) is 16.4. The Morgan fingerprint density at radius 2 is 1.34 bits per heavy atom. The lowest BCUT2D eigenvalue weighted by Gasteiger charge is -2.64. The number of carbonyl (C=O) groups excluding carboxylic acids is 6. The first kappa shape index (κ1) is 54.4. The molecule has 1 saturated heterocycles. The number of hydrogen-bond donors (Lipinski definition) is 7. The number of fused-ring (bicyclic) bond motifs is 5. The van der Waals surface area contributed by atoms with E-state index in [0.29, 0.717) is 78.0 Å². The van der Waals surface area contributed by atoms with E-state index in [1.165, 1.54) is 0 Å². The molecule has 0 aromatic carbocycles. The van der Waals surface area contributed by atoms with Crippen molar-refractivity contribution in [3.05, 3.63) is 0 Å². The van der Waals surface area contributed by atoms with E-state index in [0.717, 1.165) is 51.4 Å². The highest BCUT2D eigenvalue weighted by atomic mass is 16.6. The lowest BCUT2D eigenvalue weighted by Crippen LogP contribution is -2.63. The minimum Gasteiger partial charge on any atom is -0.462 e. The molecule has 0 spiro atoms. The molecule has 13 atom stereocenters. The Hall–Kier alpha value is -3.58. The topological polar surface area (TPSA) is 275 Å². The lowest BCUT2D eigenvalue weighted by atomic mass is 9.43. The van der Waals surface area contributed by atoms with Crippen molar-refractivity contribution >= 4 is 35.8 Å². The molecule has 0 aromatic rings.